The molecule has 0 saturated heterocycles. The predicted molar refractivity (Wildman–Crippen MR) is 104 cm³/mol. The van der Waals surface area contributed by atoms with E-state index in [4.69, 9.17) is 22.1 Å². The number of ether oxygens (including phenoxy) is 1. The average Bonchev–Trinajstić information content (AvgIpc) is 2.96. The molecule has 0 aliphatic carbocycles. The van der Waals surface area contributed by atoms with Gasteiger partial charge in [-0.2, -0.15) is 0 Å². The van der Waals surface area contributed by atoms with Gasteiger partial charge in [-0.15, -0.1) is 36.2 Å². The topological polar surface area (TPSA) is 77.2 Å². The van der Waals surface area contributed by atoms with Gasteiger partial charge in [-0.05, 0) is 12.0 Å². The third-order valence-corrected chi connectivity index (χ3v) is 4.32. The Kier molecular flexibility index (Phi) is 9.43. The van der Waals surface area contributed by atoms with E-state index in [9.17, 15) is 4.79 Å². The molecule has 1 amide bonds. The number of halogens is 3. The van der Waals surface area contributed by atoms with Crippen LogP contribution in [0.4, 0.5) is 5.69 Å². The Morgan fingerprint density at radius 2 is 2.08 bits per heavy atom. The van der Waals surface area contributed by atoms with E-state index in [2.05, 4.69) is 24.1 Å². The Morgan fingerprint density at radius 3 is 2.62 bits per heavy atom. The van der Waals surface area contributed by atoms with Crippen LogP contribution in [0.25, 0.3) is 0 Å². The molecule has 0 atom stereocenters. The van der Waals surface area contributed by atoms with Crippen LogP contribution < -0.4 is 15.8 Å². The zero-order valence-corrected chi connectivity index (χ0v) is 16.7. The van der Waals surface area contributed by atoms with E-state index >= 15 is 0 Å². The van der Waals surface area contributed by atoms with Gasteiger partial charge in [-0.25, -0.2) is 4.98 Å². The third-order valence-electron chi connectivity index (χ3n) is 3.12. The second-order valence-corrected chi connectivity index (χ2v) is 6.43. The molecule has 134 valence electrons. The Morgan fingerprint density at radius 1 is 1.42 bits per heavy atom. The number of carbonyl (C=O) groups is 1. The minimum atomic E-state index is -0.278. The third kappa shape index (κ3) is 5.41. The summed E-state index contributed by atoms with van der Waals surface area (Å²) in [6.07, 6.45) is 0. The van der Waals surface area contributed by atoms with Crippen molar-refractivity contribution in [2.75, 3.05) is 12.8 Å². The maximum atomic E-state index is 12.3. The molecular weight excluding hydrogens is 393 g/mol. The fourth-order valence-electron chi connectivity index (χ4n) is 1.84. The number of nitrogens with two attached hydrogens (primary N) is 1. The van der Waals surface area contributed by atoms with Crippen molar-refractivity contribution < 1.29 is 9.53 Å². The smallest absolute Gasteiger partial charge is 0.255 e. The zero-order chi connectivity index (χ0) is 16.3. The quantitative estimate of drug-likeness (QED) is 0.718. The molecule has 2 aromatic rings. The summed E-state index contributed by atoms with van der Waals surface area (Å²) in [7, 11) is 1.48. The van der Waals surface area contributed by atoms with Crippen LogP contribution in [0.5, 0.6) is 5.75 Å². The van der Waals surface area contributed by atoms with Crippen LogP contribution in [0.3, 0.4) is 0 Å². The summed E-state index contributed by atoms with van der Waals surface area (Å²) in [5.41, 5.74) is 7.46. The lowest BCUT2D eigenvalue weighted by Gasteiger charge is -2.10. The summed E-state index contributed by atoms with van der Waals surface area (Å²) < 4.78 is 5.18. The van der Waals surface area contributed by atoms with Crippen molar-refractivity contribution in [3.63, 3.8) is 0 Å². The van der Waals surface area contributed by atoms with Crippen molar-refractivity contribution in [3.8, 4) is 5.75 Å². The van der Waals surface area contributed by atoms with E-state index in [1.54, 1.807) is 0 Å². The standard InChI is InChI=1S/C15H18ClN3O2S.2ClH/c1-8(2)12-7-22-14(19-12)6-18-15(20)9-4-10(16)11(17)5-13(9)21-3;;/h4-5,7-8H,6,17H2,1-3H3,(H,18,20);2*1H. The van der Waals surface area contributed by atoms with Gasteiger partial charge in [0.2, 0.25) is 0 Å². The lowest BCUT2D eigenvalue weighted by atomic mass is 10.1. The molecule has 0 bridgehead atoms. The molecule has 0 aliphatic heterocycles. The first-order valence-corrected chi connectivity index (χ1v) is 8.03. The van der Waals surface area contributed by atoms with E-state index in [1.165, 1.54) is 30.6 Å². The van der Waals surface area contributed by atoms with Gasteiger partial charge < -0.3 is 15.8 Å². The molecule has 0 radical (unpaired) electrons. The lowest BCUT2D eigenvalue weighted by molar-refractivity contribution is 0.0948. The van der Waals surface area contributed by atoms with E-state index in [0.29, 0.717) is 34.5 Å². The van der Waals surface area contributed by atoms with Crippen LogP contribution in [-0.4, -0.2) is 18.0 Å². The van der Waals surface area contributed by atoms with Crippen molar-refractivity contribution in [2.45, 2.75) is 26.3 Å². The Hall–Kier alpha value is -1.21. The number of hydrogen-bond donors (Lipinski definition) is 2. The summed E-state index contributed by atoms with van der Waals surface area (Å²) in [6, 6.07) is 3.05. The maximum absolute atomic E-state index is 12.3. The number of nitrogens with one attached hydrogen (secondary N) is 1. The van der Waals surface area contributed by atoms with E-state index < -0.39 is 0 Å². The number of amides is 1. The summed E-state index contributed by atoms with van der Waals surface area (Å²) in [5.74, 6) is 0.484. The number of nitrogens with zero attached hydrogens (tertiary/aromatic N) is 1. The number of thiazole rings is 1. The number of rotatable bonds is 5. The van der Waals surface area contributed by atoms with Gasteiger partial charge in [0.1, 0.15) is 10.8 Å². The Labute approximate surface area is 162 Å². The van der Waals surface area contributed by atoms with Crippen molar-refractivity contribution >= 4 is 59.3 Å². The number of carbonyl (C=O) groups excluding carboxylic acids is 1. The molecule has 1 aromatic carbocycles. The molecule has 1 aromatic heterocycles. The maximum Gasteiger partial charge on any atom is 0.255 e. The number of hydrogen-bond acceptors (Lipinski definition) is 5. The Bertz CT molecular complexity index is 693. The lowest BCUT2D eigenvalue weighted by Crippen LogP contribution is -2.23. The highest BCUT2D eigenvalue weighted by atomic mass is 35.5. The molecular formula is C15H20Cl3N3O2S. The molecule has 0 aliphatic rings. The second kappa shape index (κ2) is 9.93. The van der Waals surface area contributed by atoms with Gasteiger partial charge in [0.05, 0.1) is 35.6 Å². The number of methoxy groups -OCH3 is 1. The Balaban J connectivity index is 0.00000264. The van der Waals surface area contributed by atoms with Crippen molar-refractivity contribution in [3.05, 3.63) is 38.8 Å². The molecule has 1 heterocycles. The molecule has 3 N–H and O–H groups in total. The molecule has 9 heteroatoms. The van der Waals surface area contributed by atoms with Crippen LogP contribution in [0, 0.1) is 0 Å². The monoisotopic (exact) mass is 411 g/mol. The molecule has 2 rings (SSSR count). The van der Waals surface area contributed by atoms with Crippen molar-refractivity contribution in [1.29, 1.82) is 0 Å². The predicted octanol–water partition coefficient (Wildman–Crippen LogP) is 4.28. The van der Waals surface area contributed by atoms with Crippen LogP contribution in [0.1, 0.15) is 40.8 Å². The van der Waals surface area contributed by atoms with Crippen LogP contribution >= 0.6 is 47.8 Å². The van der Waals surface area contributed by atoms with Crippen LogP contribution in [-0.2, 0) is 6.54 Å². The van der Waals surface area contributed by atoms with E-state index in [-0.39, 0.29) is 30.7 Å². The summed E-state index contributed by atoms with van der Waals surface area (Å²) >= 11 is 7.50. The first-order valence-electron chi connectivity index (χ1n) is 6.78. The van der Waals surface area contributed by atoms with Gasteiger partial charge in [0, 0.05) is 11.4 Å². The minimum absolute atomic E-state index is 0. The average molecular weight is 413 g/mol. The van der Waals surface area contributed by atoms with Gasteiger partial charge in [0.25, 0.3) is 5.91 Å². The molecule has 0 saturated carbocycles. The molecule has 5 nitrogen and oxygen atoms in total. The number of nitrogen functional groups attached to an aromatic ring is 1. The zero-order valence-electron chi connectivity index (χ0n) is 13.5. The highest BCUT2D eigenvalue weighted by Gasteiger charge is 2.15. The minimum Gasteiger partial charge on any atom is -0.496 e. The first kappa shape index (κ1) is 22.8. The number of anilines is 1. The molecule has 0 spiro atoms. The van der Waals surface area contributed by atoms with Crippen LogP contribution in [0.15, 0.2) is 17.5 Å². The van der Waals surface area contributed by atoms with Crippen molar-refractivity contribution in [1.82, 2.24) is 10.3 Å². The van der Waals surface area contributed by atoms with Crippen LogP contribution in [0.2, 0.25) is 5.02 Å². The van der Waals surface area contributed by atoms with Gasteiger partial charge in [-0.3, -0.25) is 4.79 Å². The van der Waals surface area contributed by atoms with Gasteiger partial charge in [0.15, 0.2) is 0 Å². The number of aromatic nitrogens is 1. The highest BCUT2D eigenvalue weighted by Crippen LogP contribution is 2.28. The summed E-state index contributed by atoms with van der Waals surface area (Å²) in [4.78, 5) is 16.8. The van der Waals surface area contributed by atoms with Gasteiger partial charge in [-0.1, -0.05) is 25.4 Å². The largest absolute Gasteiger partial charge is 0.496 e. The fourth-order valence-corrected chi connectivity index (χ4v) is 2.90. The van der Waals surface area contributed by atoms with Crippen molar-refractivity contribution in [2.24, 2.45) is 0 Å². The summed E-state index contributed by atoms with van der Waals surface area (Å²) in [5, 5.41) is 6.01. The molecule has 0 unspecified atom stereocenters. The van der Waals surface area contributed by atoms with Gasteiger partial charge >= 0.3 is 0 Å². The molecule has 0 fully saturated rings. The second-order valence-electron chi connectivity index (χ2n) is 5.08. The fraction of sp³-hybridized carbons (Fsp3) is 0.333. The van der Waals surface area contributed by atoms with E-state index in [0.717, 1.165) is 10.7 Å². The first-order chi connectivity index (χ1) is 10.4. The normalized spacial score (nSPS) is 9.88. The molecule has 24 heavy (non-hydrogen) atoms. The number of benzene rings is 1. The SMILES string of the molecule is COc1cc(N)c(Cl)cc1C(=O)NCc1nc(C(C)C)cs1.Cl.Cl. The highest BCUT2D eigenvalue weighted by molar-refractivity contribution is 7.09. The summed E-state index contributed by atoms with van der Waals surface area (Å²) in [6.45, 7) is 4.53. The van der Waals surface area contributed by atoms with E-state index in [1.807, 2.05) is 5.38 Å².